The normalized spacial score (nSPS) is 9.93. The predicted octanol–water partition coefficient (Wildman–Crippen LogP) is 4.20. The Hall–Kier alpha value is -3.98. The maximum Gasteiger partial charge on any atom is 0.255 e. The smallest absolute Gasteiger partial charge is 0.255 e. The number of carbonyl (C=O) groups is 2. The highest BCUT2D eigenvalue weighted by molar-refractivity contribution is 6.09. The Morgan fingerprint density at radius 2 is 1.44 bits per heavy atom. The number of amides is 2. The summed E-state index contributed by atoms with van der Waals surface area (Å²) in [5, 5.41) is 14.4. The number of benzene rings is 3. The second-order valence-electron chi connectivity index (χ2n) is 5.65. The lowest BCUT2D eigenvalue weighted by atomic mass is 10.1. The van der Waals surface area contributed by atoms with Gasteiger partial charge in [-0.1, -0.05) is 18.2 Å². The Kier molecular flexibility index (Phi) is 5.24. The first-order valence-corrected chi connectivity index (χ1v) is 8.04. The van der Waals surface area contributed by atoms with Gasteiger partial charge in [-0.25, -0.2) is 4.39 Å². The minimum atomic E-state index is -0.436. The van der Waals surface area contributed by atoms with Crippen molar-refractivity contribution in [2.24, 2.45) is 0 Å². The van der Waals surface area contributed by atoms with Gasteiger partial charge in [0.05, 0.1) is 11.3 Å². The minimum absolute atomic E-state index is 0.273. The van der Waals surface area contributed by atoms with Crippen LogP contribution in [0.4, 0.5) is 15.8 Å². The molecule has 0 saturated carbocycles. The lowest BCUT2D eigenvalue weighted by Gasteiger charge is -2.09. The molecule has 0 fully saturated rings. The molecular weight excluding hydrogens is 345 g/mol. The number of nitrogens with one attached hydrogen (secondary N) is 2. The quantitative estimate of drug-likeness (QED) is 0.732. The predicted molar refractivity (Wildman–Crippen MR) is 99.9 cm³/mol. The zero-order chi connectivity index (χ0) is 19.2. The van der Waals surface area contributed by atoms with Crippen LogP contribution in [-0.2, 0) is 0 Å². The monoisotopic (exact) mass is 359 g/mol. The molecule has 2 N–H and O–H groups in total. The fraction of sp³-hybridized carbons (Fsp3) is 0. The first-order valence-electron chi connectivity index (χ1n) is 8.04. The van der Waals surface area contributed by atoms with E-state index in [0.29, 0.717) is 16.9 Å². The van der Waals surface area contributed by atoms with Crippen molar-refractivity contribution in [1.29, 1.82) is 5.26 Å². The third kappa shape index (κ3) is 4.35. The first kappa shape index (κ1) is 17.8. The zero-order valence-electron chi connectivity index (χ0n) is 14.1. The van der Waals surface area contributed by atoms with Gasteiger partial charge in [0.1, 0.15) is 11.9 Å². The lowest BCUT2D eigenvalue weighted by molar-refractivity contribution is 0.102. The van der Waals surface area contributed by atoms with Crippen LogP contribution in [0.1, 0.15) is 26.3 Å². The fourth-order valence-corrected chi connectivity index (χ4v) is 2.42. The number of nitriles is 1. The molecule has 6 heteroatoms. The number of anilines is 2. The highest BCUT2D eigenvalue weighted by atomic mass is 19.1. The molecule has 0 radical (unpaired) electrons. The molecule has 3 aromatic carbocycles. The van der Waals surface area contributed by atoms with E-state index < -0.39 is 17.6 Å². The van der Waals surface area contributed by atoms with Crippen LogP contribution in [0.3, 0.4) is 0 Å². The van der Waals surface area contributed by atoms with E-state index in [1.165, 1.54) is 30.3 Å². The van der Waals surface area contributed by atoms with Gasteiger partial charge >= 0.3 is 0 Å². The van der Waals surface area contributed by atoms with Crippen LogP contribution in [0.2, 0.25) is 0 Å². The number of halogens is 1. The summed E-state index contributed by atoms with van der Waals surface area (Å²) in [6, 6.07) is 20.2. The van der Waals surface area contributed by atoms with Crippen molar-refractivity contribution in [3.63, 3.8) is 0 Å². The number of nitrogens with zero attached hydrogens (tertiary/aromatic N) is 1. The Balaban J connectivity index is 1.76. The van der Waals surface area contributed by atoms with Crippen molar-refractivity contribution < 1.29 is 14.0 Å². The molecule has 132 valence electrons. The van der Waals surface area contributed by atoms with Crippen LogP contribution in [0.5, 0.6) is 0 Å². The van der Waals surface area contributed by atoms with E-state index >= 15 is 0 Å². The second kappa shape index (κ2) is 7.93. The van der Waals surface area contributed by atoms with Gasteiger partial charge in [0, 0.05) is 16.8 Å². The highest BCUT2D eigenvalue weighted by Crippen LogP contribution is 2.16. The van der Waals surface area contributed by atoms with Crippen molar-refractivity contribution >= 4 is 23.2 Å². The molecule has 3 rings (SSSR count). The van der Waals surface area contributed by atoms with E-state index in [1.807, 2.05) is 6.07 Å². The third-order valence-electron chi connectivity index (χ3n) is 3.78. The van der Waals surface area contributed by atoms with Crippen LogP contribution in [0.15, 0.2) is 72.8 Å². The Bertz CT molecular complexity index is 1040. The van der Waals surface area contributed by atoms with Gasteiger partial charge in [0.2, 0.25) is 0 Å². The Morgan fingerprint density at radius 1 is 0.815 bits per heavy atom. The van der Waals surface area contributed by atoms with Gasteiger partial charge in [-0.15, -0.1) is 0 Å². The van der Waals surface area contributed by atoms with Gasteiger partial charge in [0.15, 0.2) is 0 Å². The van der Waals surface area contributed by atoms with Gasteiger partial charge in [-0.05, 0) is 54.6 Å². The molecule has 0 atom stereocenters. The molecule has 0 aliphatic carbocycles. The third-order valence-corrected chi connectivity index (χ3v) is 3.78. The van der Waals surface area contributed by atoms with Crippen molar-refractivity contribution in [1.82, 2.24) is 0 Å². The van der Waals surface area contributed by atoms with Crippen molar-refractivity contribution in [3.8, 4) is 6.07 Å². The maximum atomic E-state index is 12.9. The zero-order valence-corrected chi connectivity index (χ0v) is 14.1. The van der Waals surface area contributed by atoms with Gasteiger partial charge < -0.3 is 10.6 Å². The summed E-state index contributed by atoms with van der Waals surface area (Å²) in [6.45, 7) is 0. The molecular formula is C21H14FN3O2. The second-order valence-corrected chi connectivity index (χ2v) is 5.65. The van der Waals surface area contributed by atoms with Crippen molar-refractivity contribution in [2.75, 3.05) is 10.6 Å². The van der Waals surface area contributed by atoms with E-state index in [0.717, 1.165) is 0 Å². The molecule has 0 aliphatic heterocycles. The van der Waals surface area contributed by atoms with Crippen LogP contribution in [0, 0.1) is 17.1 Å². The molecule has 3 aromatic rings. The lowest BCUT2D eigenvalue weighted by Crippen LogP contribution is -2.16. The van der Waals surface area contributed by atoms with Crippen LogP contribution >= 0.6 is 0 Å². The SMILES string of the molecule is N#Cc1ccccc1NC(=O)c1cccc(C(=O)Nc2ccc(F)cc2)c1. The highest BCUT2D eigenvalue weighted by Gasteiger charge is 2.12. The molecule has 0 aromatic heterocycles. The summed E-state index contributed by atoms with van der Waals surface area (Å²) in [7, 11) is 0. The van der Waals surface area contributed by atoms with Crippen molar-refractivity contribution in [3.05, 3.63) is 95.3 Å². The molecule has 0 bridgehead atoms. The van der Waals surface area contributed by atoms with Crippen LogP contribution < -0.4 is 10.6 Å². The standard InChI is InChI=1S/C21H14FN3O2/c22-17-8-10-18(11-9-17)24-20(26)14-5-3-6-15(12-14)21(27)25-19-7-2-1-4-16(19)13-23/h1-12H,(H,24,26)(H,25,27). The summed E-state index contributed by atoms with van der Waals surface area (Å²) in [6.07, 6.45) is 0. The van der Waals surface area contributed by atoms with Crippen LogP contribution in [0.25, 0.3) is 0 Å². The molecule has 0 aliphatic rings. The Morgan fingerprint density at radius 3 is 2.11 bits per heavy atom. The molecule has 0 spiro atoms. The fourth-order valence-electron chi connectivity index (χ4n) is 2.42. The van der Waals surface area contributed by atoms with E-state index in [2.05, 4.69) is 10.6 Å². The van der Waals surface area contributed by atoms with E-state index in [1.54, 1.807) is 42.5 Å². The van der Waals surface area contributed by atoms with E-state index in [-0.39, 0.29) is 11.1 Å². The number of carbonyl (C=O) groups excluding carboxylic acids is 2. The van der Waals surface area contributed by atoms with E-state index in [9.17, 15) is 14.0 Å². The van der Waals surface area contributed by atoms with Gasteiger partial charge in [-0.2, -0.15) is 5.26 Å². The van der Waals surface area contributed by atoms with Crippen LogP contribution in [-0.4, -0.2) is 11.8 Å². The summed E-state index contributed by atoms with van der Waals surface area (Å²) < 4.78 is 12.9. The van der Waals surface area contributed by atoms with Crippen molar-refractivity contribution in [2.45, 2.75) is 0 Å². The average molecular weight is 359 g/mol. The van der Waals surface area contributed by atoms with Gasteiger partial charge in [-0.3, -0.25) is 9.59 Å². The number of para-hydroxylation sites is 1. The summed E-state index contributed by atoms with van der Waals surface area (Å²) in [4.78, 5) is 24.8. The number of rotatable bonds is 4. The molecule has 0 unspecified atom stereocenters. The average Bonchev–Trinajstić information content (AvgIpc) is 2.70. The number of hydrogen-bond donors (Lipinski definition) is 2. The summed E-state index contributed by atoms with van der Waals surface area (Å²) >= 11 is 0. The first-order chi connectivity index (χ1) is 13.1. The largest absolute Gasteiger partial charge is 0.322 e. The molecule has 2 amide bonds. The number of hydrogen-bond acceptors (Lipinski definition) is 3. The summed E-state index contributed by atoms with van der Waals surface area (Å²) in [5.41, 5.74) is 1.73. The van der Waals surface area contributed by atoms with E-state index in [4.69, 9.17) is 5.26 Å². The Labute approximate surface area is 155 Å². The topological polar surface area (TPSA) is 82.0 Å². The molecule has 0 saturated heterocycles. The molecule has 0 heterocycles. The minimum Gasteiger partial charge on any atom is -0.322 e. The van der Waals surface area contributed by atoms with Gasteiger partial charge in [0.25, 0.3) is 11.8 Å². The maximum absolute atomic E-state index is 12.9. The summed E-state index contributed by atoms with van der Waals surface area (Å²) in [5.74, 6) is -1.26. The molecule has 27 heavy (non-hydrogen) atoms. The molecule has 5 nitrogen and oxygen atoms in total.